The first-order chi connectivity index (χ1) is 15.1. The summed E-state index contributed by atoms with van der Waals surface area (Å²) in [4.78, 5) is 20.5. The van der Waals surface area contributed by atoms with Crippen LogP contribution in [0.15, 0.2) is 60.7 Å². The van der Waals surface area contributed by atoms with Crippen molar-refractivity contribution in [3.63, 3.8) is 0 Å². The van der Waals surface area contributed by atoms with E-state index in [1.807, 2.05) is 49.4 Å². The molecule has 0 fully saturated rings. The average Bonchev–Trinajstić information content (AvgIpc) is 3.41. The molecule has 3 N–H and O–H groups in total. The van der Waals surface area contributed by atoms with Crippen molar-refractivity contribution in [3.05, 3.63) is 71.8 Å². The summed E-state index contributed by atoms with van der Waals surface area (Å²) in [7, 11) is 0. The quantitative estimate of drug-likeness (QED) is 0.418. The van der Waals surface area contributed by atoms with Gasteiger partial charge in [-0.25, -0.2) is 4.98 Å². The lowest BCUT2D eigenvalue weighted by Gasteiger charge is -2.13. The largest absolute Gasteiger partial charge is 0.454 e. The van der Waals surface area contributed by atoms with Gasteiger partial charge in [-0.2, -0.15) is 0 Å². The number of H-pyrrole nitrogens is 1. The van der Waals surface area contributed by atoms with Crippen molar-refractivity contribution in [3.8, 4) is 22.9 Å². The number of para-hydroxylation sites is 2. The molecule has 1 aliphatic heterocycles. The summed E-state index contributed by atoms with van der Waals surface area (Å²) in [5, 5.41) is 6.02. The molecule has 1 aromatic heterocycles. The molecule has 7 nitrogen and oxygen atoms in total. The third kappa shape index (κ3) is 3.80. The standard InChI is InChI=1S/C23H18N4O3S/c1-13-6-7-14(21-24-16-4-2-3-5-17(16)25-21)10-18(13)26-23(31)27-22(28)15-8-9-19-20(11-15)30-12-29-19/h2-11H,12H2,1H3,(H,24,25)(H2,26,27,28,31). The number of carbonyl (C=O) groups is 1. The molecule has 1 amide bonds. The van der Waals surface area contributed by atoms with Crippen LogP contribution in [0.25, 0.3) is 22.4 Å². The van der Waals surface area contributed by atoms with Crippen molar-refractivity contribution in [1.29, 1.82) is 0 Å². The number of imidazole rings is 1. The zero-order valence-electron chi connectivity index (χ0n) is 16.6. The summed E-state index contributed by atoms with van der Waals surface area (Å²) in [5.41, 5.74) is 4.99. The highest BCUT2D eigenvalue weighted by Crippen LogP contribution is 2.32. The van der Waals surface area contributed by atoms with Gasteiger partial charge in [-0.15, -0.1) is 0 Å². The van der Waals surface area contributed by atoms with Crippen LogP contribution in [0.2, 0.25) is 0 Å². The van der Waals surface area contributed by atoms with Crippen LogP contribution < -0.4 is 20.1 Å². The van der Waals surface area contributed by atoms with E-state index in [2.05, 4.69) is 20.6 Å². The number of amides is 1. The summed E-state index contributed by atoms with van der Waals surface area (Å²) in [5.74, 6) is 1.60. The number of nitrogens with one attached hydrogen (secondary N) is 3. The van der Waals surface area contributed by atoms with Gasteiger partial charge in [0.25, 0.3) is 5.91 Å². The summed E-state index contributed by atoms with van der Waals surface area (Å²) in [6, 6.07) is 18.8. The van der Waals surface area contributed by atoms with Gasteiger partial charge in [0.1, 0.15) is 5.82 Å². The molecule has 8 heteroatoms. The predicted molar refractivity (Wildman–Crippen MR) is 123 cm³/mol. The van der Waals surface area contributed by atoms with Gasteiger partial charge in [-0.3, -0.25) is 10.1 Å². The predicted octanol–water partition coefficient (Wildman–Crippen LogP) is 4.39. The number of hydrogen-bond acceptors (Lipinski definition) is 5. The van der Waals surface area contributed by atoms with E-state index in [-0.39, 0.29) is 17.8 Å². The lowest BCUT2D eigenvalue weighted by molar-refractivity contribution is 0.0977. The number of aryl methyl sites for hydroxylation is 1. The van der Waals surface area contributed by atoms with Crippen LogP contribution in [0, 0.1) is 6.92 Å². The SMILES string of the molecule is Cc1ccc(-c2nc3ccccc3[nH]2)cc1NC(=S)NC(=O)c1ccc2c(c1)OCO2. The van der Waals surface area contributed by atoms with Gasteiger partial charge in [-0.05, 0) is 61.1 Å². The van der Waals surface area contributed by atoms with Crippen molar-refractivity contribution in [2.24, 2.45) is 0 Å². The maximum absolute atomic E-state index is 12.6. The second-order valence-electron chi connectivity index (χ2n) is 7.11. The Kier molecular flexibility index (Phi) is 4.76. The first-order valence-electron chi connectivity index (χ1n) is 9.64. The number of benzene rings is 3. The van der Waals surface area contributed by atoms with Crippen LogP contribution >= 0.6 is 12.2 Å². The van der Waals surface area contributed by atoms with Gasteiger partial charge in [0.2, 0.25) is 6.79 Å². The van der Waals surface area contributed by atoms with Crippen molar-refractivity contribution in [2.45, 2.75) is 6.92 Å². The lowest BCUT2D eigenvalue weighted by atomic mass is 10.1. The molecule has 4 aromatic rings. The first kappa shape index (κ1) is 19.1. The Labute approximate surface area is 183 Å². The summed E-state index contributed by atoms with van der Waals surface area (Å²) >= 11 is 5.36. The van der Waals surface area contributed by atoms with Crippen LogP contribution in [-0.2, 0) is 0 Å². The minimum Gasteiger partial charge on any atom is -0.454 e. The Balaban J connectivity index is 1.32. The van der Waals surface area contributed by atoms with E-state index in [0.29, 0.717) is 17.1 Å². The topological polar surface area (TPSA) is 88.3 Å². The van der Waals surface area contributed by atoms with Crippen LogP contribution in [0.1, 0.15) is 15.9 Å². The number of aromatic amines is 1. The van der Waals surface area contributed by atoms with Gasteiger partial charge in [-0.1, -0.05) is 24.3 Å². The molecule has 5 rings (SSSR count). The minimum absolute atomic E-state index is 0.154. The molecular formula is C23H18N4O3S. The Morgan fingerprint density at radius 2 is 1.90 bits per heavy atom. The number of ether oxygens (including phenoxy) is 2. The van der Waals surface area contributed by atoms with Crippen LogP contribution in [-0.4, -0.2) is 27.8 Å². The molecule has 31 heavy (non-hydrogen) atoms. The third-order valence-corrected chi connectivity index (χ3v) is 5.21. The van der Waals surface area contributed by atoms with E-state index < -0.39 is 0 Å². The third-order valence-electron chi connectivity index (χ3n) is 5.01. The van der Waals surface area contributed by atoms with Gasteiger partial charge in [0, 0.05) is 16.8 Å². The van der Waals surface area contributed by atoms with Gasteiger partial charge >= 0.3 is 0 Å². The highest BCUT2D eigenvalue weighted by atomic mass is 32.1. The van der Waals surface area contributed by atoms with Crippen molar-refractivity contribution in [2.75, 3.05) is 12.1 Å². The van der Waals surface area contributed by atoms with E-state index >= 15 is 0 Å². The Hall–Kier alpha value is -3.91. The molecule has 0 saturated carbocycles. The number of fused-ring (bicyclic) bond motifs is 2. The normalized spacial score (nSPS) is 12.0. The maximum atomic E-state index is 12.6. The zero-order valence-corrected chi connectivity index (χ0v) is 17.4. The second kappa shape index (κ2) is 7.73. The monoisotopic (exact) mass is 430 g/mol. The van der Waals surface area contributed by atoms with Crippen LogP contribution in [0.5, 0.6) is 11.5 Å². The fourth-order valence-corrected chi connectivity index (χ4v) is 3.56. The van der Waals surface area contributed by atoms with Crippen LogP contribution in [0.4, 0.5) is 5.69 Å². The zero-order chi connectivity index (χ0) is 21.4. The van der Waals surface area contributed by atoms with Gasteiger partial charge in [0.15, 0.2) is 16.6 Å². The van der Waals surface area contributed by atoms with E-state index in [9.17, 15) is 4.79 Å². The van der Waals surface area contributed by atoms with Crippen molar-refractivity contribution >= 4 is 40.0 Å². The maximum Gasteiger partial charge on any atom is 0.257 e. The molecule has 154 valence electrons. The van der Waals surface area contributed by atoms with E-state index in [1.54, 1.807) is 18.2 Å². The fourth-order valence-electron chi connectivity index (χ4n) is 3.36. The molecule has 2 heterocycles. The van der Waals surface area contributed by atoms with Gasteiger partial charge in [0.05, 0.1) is 11.0 Å². The highest BCUT2D eigenvalue weighted by molar-refractivity contribution is 7.80. The van der Waals surface area contributed by atoms with E-state index in [1.165, 1.54) is 0 Å². The molecule has 0 unspecified atom stereocenters. The van der Waals surface area contributed by atoms with E-state index in [0.717, 1.165) is 33.7 Å². The van der Waals surface area contributed by atoms with Crippen molar-refractivity contribution in [1.82, 2.24) is 15.3 Å². The highest BCUT2D eigenvalue weighted by Gasteiger charge is 2.17. The lowest BCUT2D eigenvalue weighted by Crippen LogP contribution is -2.34. The minimum atomic E-state index is -0.332. The number of hydrogen-bond donors (Lipinski definition) is 3. The number of nitrogens with zero attached hydrogens (tertiary/aromatic N) is 1. The molecule has 1 aliphatic rings. The molecule has 0 bridgehead atoms. The van der Waals surface area contributed by atoms with Gasteiger partial charge < -0.3 is 19.8 Å². The Morgan fingerprint density at radius 3 is 2.77 bits per heavy atom. The summed E-state index contributed by atoms with van der Waals surface area (Å²) < 4.78 is 10.6. The number of aromatic nitrogens is 2. The molecule has 3 aromatic carbocycles. The molecule has 0 aliphatic carbocycles. The van der Waals surface area contributed by atoms with Crippen molar-refractivity contribution < 1.29 is 14.3 Å². The average molecular weight is 430 g/mol. The van der Waals surface area contributed by atoms with E-state index in [4.69, 9.17) is 21.7 Å². The number of thiocarbonyl (C=S) groups is 1. The molecular weight excluding hydrogens is 412 g/mol. The second-order valence-corrected chi connectivity index (χ2v) is 7.52. The smallest absolute Gasteiger partial charge is 0.257 e. The summed E-state index contributed by atoms with van der Waals surface area (Å²) in [6.07, 6.45) is 0. The number of rotatable bonds is 3. The number of carbonyl (C=O) groups excluding carboxylic acids is 1. The number of anilines is 1. The molecule has 0 atom stereocenters. The van der Waals surface area contributed by atoms with Crippen LogP contribution in [0.3, 0.4) is 0 Å². The molecule has 0 radical (unpaired) electrons. The Bertz CT molecular complexity index is 1300. The molecule has 0 spiro atoms. The Morgan fingerprint density at radius 1 is 1.06 bits per heavy atom. The fraction of sp³-hybridized carbons (Fsp3) is 0.0870. The molecule has 0 saturated heterocycles. The first-order valence-corrected chi connectivity index (χ1v) is 10.1. The summed E-state index contributed by atoms with van der Waals surface area (Å²) in [6.45, 7) is 2.12.